The van der Waals surface area contributed by atoms with E-state index in [1.165, 1.54) is 19.2 Å². The van der Waals surface area contributed by atoms with Crippen molar-refractivity contribution in [3.05, 3.63) is 41.4 Å². The molecule has 0 aliphatic carbocycles. The third-order valence-corrected chi connectivity index (χ3v) is 5.31. The van der Waals surface area contributed by atoms with Gasteiger partial charge >= 0.3 is 6.18 Å². The van der Waals surface area contributed by atoms with Crippen molar-refractivity contribution in [1.82, 2.24) is 15.3 Å². The van der Waals surface area contributed by atoms with Crippen LogP contribution in [0.2, 0.25) is 0 Å². The van der Waals surface area contributed by atoms with Gasteiger partial charge in [-0.3, -0.25) is 4.79 Å². The van der Waals surface area contributed by atoms with Crippen LogP contribution in [0.25, 0.3) is 22.4 Å². The number of halogens is 3. The molecular weight excluding hydrogens is 425 g/mol. The second kappa shape index (κ2) is 8.42. The molecule has 10 heteroatoms. The molecule has 1 amide bonds. The number of benzene rings is 1. The number of carbonyl (C=O) groups is 1. The maximum absolute atomic E-state index is 13.2. The first-order chi connectivity index (χ1) is 14.9. The molecule has 7 nitrogen and oxygen atoms in total. The number of amides is 1. The van der Waals surface area contributed by atoms with Crippen LogP contribution in [-0.2, 0) is 12.7 Å². The lowest BCUT2D eigenvalue weighted by atomic mass is 9.88. The Bertz CT molecular complexity index is 1150. The molecule has 0 saturated carbocycles. The summed E-state index contributed by atoms with van der Waals surface area (Å²) in [6, 6.07) is 5.04. The number of ether oxygens (including phenoxy) is 1. The van der Waals surface area contributed by atoms with Gasteiger partial charge in [0.15, 0.2) is 11.5 Å². The smallest absolute Gasteiger partial charge is 0.433 e. The monoisotopic (exact) mass is 450 g/mol. The molecule has 0 bridgehead atoms. The summed E-state index contributed by atoms with van der Waals surface area (Å²) in [6.07, 6.45) is -4.61. The number of fused-ring (bicyclic) bond motifs is 1. The van der Waals surface area contributed by atoms with E-state index in [9.17, 15) is 18.0 Å². The third-order valence-electron chi connectivity index (χ3n) is 5.31. The zero-order chi connectivity index (χ0) is 23.8. The number of oxazole rings is 1. The highest BCUT2D eigenvalue weighted by molar-refractivity contribution is 5.98. The van der Waals surface area contributed by atoms with Gasteiger partial charge in [-0.25, -0.2) is 9.97 Å². The zero-order valence-corrected chi connectivity index (χ0v) is 18.4. The summed E-state index contributed by atoms with van der Waals surface area (Å²) >= 11 is 0. The molecule has 0 unspecified atom stereocenters. The van der Waals surface area contributed by atoms with Gasteiger partial charge < -0.3 is 20.2 Å². The Kier molecular flexibility index (Phi) is 6.19. The molecule has 172 valence electrons. The van der Waals surface area contributed by atoms with Crippen molar-refractivity contribution in [1.29, 1.82) is 0 Å². The number of alkyl halides is 3. The number of carbonyl (C=O) groups excluding carboxylic acids is 1. The lowest BCUT2D eigenvalue weighted by molar-refractivity contribution is -0.140. The first kappa shape index (κ1) is 23.5. The normalized spacial score (nSPS) is 13.3. The number of nitrogens with one attached hydrogen (secondary N) is 1. The highest BCUT2D eigenvalue weighted by atomic mass is 19.4. The molecule has 0 spiro atoms. The van der Waals surface area contributed by atoms with Crippen LogP contribution in [0, 0.1) is 5.41 Å². The molecule has 0 radical (unpaired) electrons. The van der Waals surface area contributed by atoms with Gasteiger partial charge in [0.25, 0.3) is 5.91 Å². The predicted octanol–water partition coefficient (Wildman–Crippen LogP) is 4.54. The molecule has 0 saturated heterocycles. The van der Waals surface area contributed by atoms with E-state index in [0.717, 1.165) is 6.07 Å². The molecule has 1 aromatic carbocycles. The molecule has 1 atom stereocenters. The van der Waals surface area contributed by atoms with E-state index in [0.29, 0.717) is 10.9 Å². The topological polar surface area (TPSA) is 103 Å². The van der Waals surface area contributed by atoms with E-state index in [-0.39, 0.29) is 46.6 Å². The van der Waals surface area contributed by atoms with Gasteiger partial charge in [0.1, 0.15) is 17.0 Å². The molecule has 3 aromatic rings. The summed E-state index contributed by atoms with van der Waals surface area (Å²) in [6.45, 7) is 7.76. The van der Waals surface area contributed by atoms with Gasteiger partial charge in [0.2, 0.25) is 5.89 Å². The van der Waals surface area contributed by atoms with E-state index in [1.54, 1.807) is 6.07 Å². The zero-order valence-electron chi connectivity index (χ0n) is 18.4. The number of hydrogen-bond acceptors (Lipinski definition) is 6. The molecular formula is C22H25F3N4O3. The Morgan fingerprint density at radius 2 is 1.88 bits per heavy atom. The molecule has 3 N–H and O–H groups in total. The Morgan fingerprint density at radius 3 is 2.44 bits per heavy atom. The van der Waals surface area contributed by atoms with E-state index in [4.69, 9.17) is 14.9 Å². The molecule has 3 rings (SSSR count). The average molecular weight is 450 g/mol. The van der Waals surface area contributed by atoms with Gasteiger partial charge in [-0.1, -0.05) is 20.8 Å². The fourth-order valence-electron chi connectivity index (χ4n) is 2.97. The molecule has 2 heterocycles. The molecule has 0 aliphatic heterocycles. The fourth-order valence-corrected chi connectivity index (χ4v) is 2.97. The highest BCUT2D eigenvalue weighted by Gasteiger charge is 2.33. The van der Waals surface area contributed by atoms with Crippen molar-refractivity contribution < 1.29 is 27.1 Å². The maximum Gasteiger partial charge on any atom is 0.433 e. The Hall–Kier alpha value is -3.14. The third kappa shape index (κ3) is 4.55. The van der Waals surface area contributed by atoms with Crippen molar-refractivity contribution in [2.75, 3.05) is 7.11 Å². The van der Waals surface area contributed by atoms with Crippen molar-refractivity contribution in [2.45, 2.75) is 46.5 Å². The number of methoxy groups -OCH3 is 1. The summed E-state index contributed by atoms with van der Waals surface area (Å²) in [5.41, 5.74) is 4.91. The fraction of sp³-hybridized carbons (Fsp3) is 0.409. The number of nitrogens with two attached hydrogens (primary N) is 1. The Balaban J connectivity index is 2.10. The second-order valence-electron chi connectivity index (χ2n) is 8.46. The van der Waals surface area contributed by atoms with Crippen molar-refractivity contribution in [3.8, 4) is 17.2 Å². The first-order valence-electron chi connectivity index (χ1n) is 9.92. The van der Waals surface area contributed by atoms with Crippen LogP contribution in [0.4, 0.5) is 13.2 Å². The quantitative estimate of drug-likeness (QED) is 0.592. The number of rotatable bonds is 5. The minimum absolute atomic E-state index is 0.000296. The van der Waals surface area contributed by atoms with Crippen LogP contribution in [-0.4, -0.2) is 29.0 Å². The second-order valence-corrected chi connectivity index (χ2v) is 8.46. The lowest BCUT2D eigenvalue weighted by Gasteiger charge is -2.27. The van der Waals surface area contributed by atoms with Gasteiger partial charge in [-0.2, -0.15) is 13.2 Å². The highest BCUT2D eigenvalue weighted by Crippen LogP contribution is 2.37. The van der Waals surface area contributed by atoms with Crippen LogP contribution in [0.5, 0.6) is 5.75 Å². The first-order valence-corrected chi connectivity index (χ1v) is 9.92. The predicted molar refractivity (Wildman–Crippen MR) is 113 cm³/mol. The summed E-state index contributed by atoms with van der Waals surface area (Å²) in [5, 5.41) is 3.21. The molecule has 0 fully saturated rings. The summed E-state index contributed by atoms with van der Waals surface area (Å²) < 4.78 is 50.4. The van der Waals surface area contributed by atoms with Crippen LogP contribution >= 0.6 is 0 Å². The SMILES string of the molecule is COc1ccc(-c2nc(C(=O)N[C@@H](C)C(C)(C)C)c(CN)o2)c2ccc(C(F)(F)F)nc12. The molecule has 32 heavy (non-hydrogen) atoms. The minimum atomic E-state index is -4.61. The summed E-state index contributed by atoms with van der Waals surface area (Å²) in [5.74, 6) is -0.0636. The summed E-state index contributed by atoms with van der Waals surface area (Å²) in [7, 11) is 1.34. The van der Waals surface area contributed by atoms with Crippen LogP contribution in [0.3, 0.4) is 0 Å². The van der Waals surface area contributed by atoms with Crippen LogP contribution < -0.4 is 15.8 Å². The Labute approximate surface area is 183 Å². The maximum atomic E-state index is 13.2. The van der Waals surface area contributed by atoms with E-state index in [1.807, 2.05) is 27.7 Å². The molecule has 2 aromatic heterocycles. The van der Waals surface area contributed by atoms with Crippen LogP contribution in [0.15, 0.2) is 28.7 Å². The molecule has 0 aliphatic rings. The van der Waals surface area contributed by atoms with E-state index in [2.05, 4.69) is 15.3 Å². The van der Waals surface area contributed by atoms with Crippen molar-refractivity contribution in [2.24, 2.45) is 11.1 Å². The summed E-state index contributed by atoms with van der Waals surface area (Å²) in [4.78, 5) is 20.8. The van der Waals surface area contributed by atoms with E-state index >= 15 is 0 Å². The van der Waals surface area contributed by atoms with Gasteiger partial charge in [-0.15, -0.1) is 0 Å². The Morgan fingerprint density at radius 1 is 1.19 bits per heavy atom. The number of aromatic nitrogens is 2. The lowest BCUT2D eigenvalue weighted by Crippen LogP contribution is -2.41. The number of hydrogen-bond donors (Lipinski definition) is 2. The van der Waals surface area contributed by atoms with Gasteiger partial charge in [0, 0.05) is 17.0 Å². The van der Waals surface area contributed by atoms with Crippen LogP contribution in [0.1, 0.15) is 49.6 Å². The van der Waals surface area contributed by atoms with E-state index < -0.39 is 17.8 Å². The number of pyridine rings is 1. The van der Waals surface area contributed by atoms with Crippen molar-refractivity contribution >= 4 is 16.8 Å². The minimum Gasteiger partial charge on any atom is -0.494 e. The largest absolute Gasteiger partial charge is 0.494 e. The van der Waals surface area contributed by atoms with Gasteiger partial charge in [-0.05, 0) is 36.6 Å². The van der Waals surface area contributed by atoms with Gasteiger partial charge in [0.05, 0.1) is 13.7 Å². The average Bonchev–Trinajstić information content (AvgIpc) is 3.15. The standard InChI is InChI=1S/C22H25F3N4O3/c1-11(21(2,3)4)27-19(30)18-15(10-26)32-20(29-18)13-6-8-14(31-5)17-12(13)7-9-16(28-17)22(23,24)25/h6-9,11H,10,26H2,1-5H3,(H,27,30)/t11-/m0/s1. The van der Waals surface area contributed by atoms with Crippen molar-refractivity contribution in [3.63, 3.8) is 0 Å². The number of nitrogens with zero attached hydrogens (tertiary/aromatic N) is 2.